The lowest BCUT2D eigenvalue weighted by atomic mass is 10.0. The number of likely N-dealkylation sites (N-methyl/N-ethyl adjacent to an activating group) is 1. The molecule has 2 N–H and O–H groups in total. The van der Waals surface area contributed by atoms with Gasteiger partial charge >= 0.3 is 0 Å². The number of hydrogen-bond acceptors (Lipinski definition) is 2. The molecule has 0 spiro atoms. The standard InChI is InChI=1S/C11H22N2O/c1-6-12-11(4,5)9(14)13-8-7-10(8,2)3/h8,12H,6-7H2,1-5H3,(H,13,14). The molecule has 3 nitrogen and oxygen atoms in total. The van der Waals surface area contributed by atoms with E-state index in [1.807, 2.05) is 20.8 Å². The molecule has 0 saturated heterocycles. The van der Waals surface area contributed by atoms with E-state index in [-0.39, 0.29) is 5.91 Å². The Kier molecular flexibility index (Phi) is 2.91. The molecular formula is C11H22N2O. The minimum atomic E-state index is -0.451. The SMILES string of the molecule is CCNC(C)(C)C(=O)NC1CC1(C)C. The molecule has 0 aliphatic heterocycles. The minimum absolute atomic E-state index is 0.106. The maximum absolute atomic E-state index is 11.8. The smallest absolute Gasteiger partial charge is 0.239 e. The second-order valence-electron chi connectivity index (χ2n) is 5.37. The molecule has 82 valence electrons. The van der Waals surface area contributed by atoms with E-state index >= 15 is 0 Å². The first kappa shape index (κ1) is 11.5. The first-order valence-electron chi connectivity index (χ1n) is 5.35. The zero-order chi connectivity index (χ0) is 11.0. The molecule has 1 fully saturated rings. The fourth-order valence-corrected chi connectivity index (χ4v) is 1.57. The van der Waals surface area contributed by atoms with Crippen molar-refractivity contribution in [3.05, 3.63) is 0 Å². The number of amides is 1. The van der Waals surface area contributed by atoms with Crippen LogP contribution in [0.25, 0.3) is 0 Å². The molecule has 1 saturated carbocycles. The Bertz CT molecular complexity index is 233. The van der Waals surface area contributed by atoms with Crippen LogP contribution in [0.15, 0.2) is 0 Å². The summed E-state index contributed by atoms with van der Waals surface area (Å²) in [4.78, 5) is 11.8. The quantitative estimate of drug-likeness (QED) is 0.714. The van der Waals surface area contributed by atoms with Crippen LogP contribution in [0.4, 0.5) is 0 Å². The van der Waals surface area contributed by atoms with Crippen LogP contribution in [0.3, 0.4) is 0 Å². The van der Waals surface area contributed by atoms with E-state index in [4.69, 9.17) is 0 Å². The van der Waals surface area contributed by atoms with Gasteiger partial charge in [-0.15, -0.1) is 0 Å². The first-order valence-corrected chi connectivity index (χ1v) is 5.35. The van der Waals surface area contributed by atoms with Crippen molar-refractivity contribution in [2.45, 2.75) is 52.6 Å². The Hall–Kier alpha value is -0.570. The van der Waals surface area contributed by atoms with Gasteiger partial charge in [0.2, 0.25) is 5.91 Å². The van der Waals surface area contributed by atoms with Crippen molar-refractivity contribution in [2.75, 3.05) is 6.54 Å². The van der Waals surface area contributed by atoms with Gasteiger partial charge in [0.05, 0.1) is 5.54 Å². The Morgan fingerprint density at radius 3 is 2.36 bits per heavy atom. The van der Waals surface area contributed by atoms with Crippen LogP contribution in [0, 0.1) is 5.41 Å². The Morgan fingerprint density at radius 2 is 2.00 bits per heavy atom. The molecule has 0 heterocycles. The highest BCUT2D eigenvalue weighted by molar-refractivity contribution is 5.86. The molecule has 0 bridgehead atoms. The molecule has 1 unspecified atom stereocenters. The molecule has 1 aliphatic carbocycles. The topological polar surface area (TPSA) is 41.1 Å². The predicted octanol–water partition coefficient (Wildman–Crippen LogP) is 1.29. The first-order chi connectivity index (χ1) is 6.29. The van der Waals surface area contributed by atoms with Crippen molar-refractivity contribution in [3.63, 3.8) is 0 Å². The van der Waals surface area contributed by atoms with E-state index in [0.717, 1.165) is 13.0 Å². The van der Waals surface area contributed by atoms with Crippen molar-refractivity contribution in [1.29, 1.82) is 0 Å². The highest BCUT2D eigenvalue weighted by atomic mass is 16.2. The maximum atomic E-state index is 11.8. The van der Waals surface area contributed by atoms with Crippen molar-refractivity contribution >= 4 is 5.91 Å². The van der Waals surface area contributed by atoms with E-state index in [1.54, 1.807) is 0 Å². The Morgan fingerprint density at radius 1 is 1.50 bits per heavy atom. The fourth-order valence-electron chi connectivity index (χ4n) is 1.57. The molecule has 0 aromatic heterocycles. The summed E-state index contributed by atoms with van der Waals surface area (Å²) in [6.45, 7) is 11.0. The normalized spacial score (nSPS) is 24.5. The fraction of sp³-hybridized carbons (Fsp3) is 0.909. The van der Waals surface area contributed by atoms with Crippen LogP contribution in [0.1, 0.15) is 41.0 Å². The van der Waals surface area contributed by atoms with Gasteiger partial charge in [-0.2, -0.15) is 0 Å². The third-order valence-corrected chi connectivity index (χ3v) is 3.01. The molecule has 0 radical (unpaired) electrons. The molecule has 1 amide bonds. The monoisotopic (exact) mass is 198 g/mol. The molecule has 1 aliphatic rings. The van der Waals surface area contributed by atoms with Gasteiger partial charge in [0.25, 0.3) is 0 Å². The summed E-state index contributed by atoms with van der Waals surface area (Å²) in [7, 11) is 0. The zero-order valence-corrected chi connectivity index (χ0v) is 9.90. The number of hydrogen-bond donors (Lipinski definition) is 2. The van der Waals surface area contributed by atoms with Crippen molar-refractivity contribution in [1.82, 2.24) is 10.6 Å². The van der Waals surface area contributed by atoms with Gasteiger partial charge in [0, 0.05) is 6.04 Å². The molecule has 0 aromatic rings. The van der Waals surface area contributed by atoms with Crippen molar-refractivity contribution < 1.29 is 4.79 Å². The second kappa shape index (κ2) is 3.54. The maximum Gasteiger partial charge on any atom is 0.239 e. The van der Waals surface area contributed by atoms with Crippen LogP contribution in [-0.2, 0) is 4.79 Å². The van der Waals surface area contributed by atoms with Crippen molar-refractivity contribution in [3.8, 4) is 0 Å². The lowest BCUT2D eigenvalue weighted by Crippen LogP contribution is -2.53. The summed E-state index contributed by atoms with van der Waals surface area (Å²) >= 11 is 0. The van der Waals surface area contributed by atoms with Gasteiger partial charge in [-0.1, -0.05) is 20.8 Å². The van der Waals surface area contributed by atoms with Crippen LogP contribution in [0.5, 0.6) is 0 Å². The average Bonchev–Trinajstić information content (AvgIpc) is 2.58. The molecule has 1 atom stereocenters. The van der Waals surface area contributed by atoms with E-state index in [9.17, 15) is 4.79 Å². The van der Waals surface area contributed by atoms with E-state index in [0.29, 0.717) is 11.5 Å². The lowest BCUT2D eigenvalue weighted by Gasteiger charge is -2.24. The number of rotatable bonds is 4. The highest BCUT2D eigenvalue weighted by Crippen LogP contribution is 2.44. The van der Waals surface area contributed by atoms with Crippen LogP contribution in [-0.4, -0.2) is 24.0 Å². The van der Waals surface area contributed by atoms with Gasteiger partial charge in [0.1, 0.15) is 0 Å². The van der Waals surface area contributed by atoms with Gasteiger partial charge in [0.15, 0.2) is 0 Å². The molecule has 14 heavy (non-hydrogen) atoms. The number of carbonyl (C=O) groups is 1. The summed E-state index contributed by atoms with van der Waals surface area (Å²) in [5.41, 5.74) is -0.147. The summed E-state index contributed by atoms with van der Waals surface area (Å²) < 4.78 is 0. The summed E-state index contributed by atoms with van der Waals surface area (Å²) in [6.07, 6.45) is 1.10. The Labute approximate surface area is 86.6 Å². The number of nitrogens with one attached hydrogen (secondary N) is 2. The summed E-state index contributed by atoms with van der Waals surface area (Å²) in [5, 5.41) is 6.24. The zero-order valence-electron chi connectivity index (χ0n) is 9.90. The number of carbonyl (C=O) groups excluding carboxylic acids is 1. The van der Waals surface area contributed by atoms with Crippen LogP contribution >= 0.6 is 0 Å². The third kappa shape index (κ3) is 2.47. The van der Waals surface area contributed by atoms with Gasteiger partial charge in [-0.05, 0) is 32.2 Å². The Balaban J connectivity index is 2.42. The lowest BCUT2D eigenvalue weighted by molar-refractivity contribution is -0.126. The molecular weight excluding hydrogens is 176 g/mol. The summed E-state index contributed by atoms with van der Waals surface area (Å²) in [5.74, 6) is 0.106. The molecule has 1 rings (SSSR count). The molecule has 3 heteroatoms. The third-order valence-electron chi connectivity index (χ3n) is 3.01. The van der Waals surface area contributed by atoms with Gasteiger partial charge in [-0.25, -0.2) is 0 Å². The average molecular weight is 198 g/mol. The van der Waals surface area contributed by atoms with E-state index < -0.39 is 5.54 Å². The summed E-state index contributed by atoms with van der Waals surface area (Å²) in [6, 6.07) is 0.368. The predicted molar refractivity (Wildman–Crippen MR) is 58.1 cm³/mol. The van der Waals surface area contributed by atoms with Crippen LogP contribution in [0.2, 0.25) is 0 Å². The largest absolute Gasteiger partial charge is 0.351 e. The minimum Gasteiger partial charge on any atom is -0.351 e. The highest BCUT2D eigenvalue weighted by Gasteiger charge is 2.47. The second-order valence-corrected chi connectivity index (χ2v) is 5.37. The van der Waals surface area contributed by atoms with E-state index in [2.05, 4.69) is 24.5 Å². The molecule has 0 aromatic carbocycles. The van der Waals surface area contributed by atoms with Crippen LogP contribution < -0.4 is 10.6 Å². The van der Waals surface area contributed by atoms with Crippen molar-refractivity contribution in [2.24, 2.45) is 5.41 Å². The van der Waals surface area contributed by atoms with Gasteiger partial charge < -0.3 is 10.6 Å². The van der Waals surface area contributed by atoms with E-state index in [1.165, 1.54) is 0 Å². The van der Waals surface area contributed by atoms with Gasteiger partial charge in [-0.3, -0.25) is 4.79 Å².